The van der Waals surface area contributed by atoms with Gasteiger partial charge in [-0.25, -0.2) is 13.1 Å². The molecule has 0 spiro atoms. The minimum Gasteiger partial charge on any atom is -0.495 e. The predicted molar refractivity (Wildman–Crippen MR) is 86.2 cm³/mol. The molecule has 0 aromatic heterocycles. The van der Waals surface area contributed by atoms with Crippen molar-refractivity contribution in [1.82, 2.24) is 9.62 Å². The number of benzene rings is 1. The Morgan fingerprint density at radius 3 is 2.86 bits per heavy atom. The second-order valence-corrected chi connectivity index (χ2v) is 7.91. The van der Waals surface area contributed by atoms with Crippen molar-refractivity contribution in [2.45, 2.75) is 30.2 Å². The fourth-order valence-electron chi connectivity index (χ4n) is 2.64. The van der Waals surface area contributed by atoms with E-state index in [1.807, 2.05) is 0 Å². The van der Waals surface area contributed by atoms with Gasteiger partial charge in [-0.15, -0.1) is 0 Å². The molecule has 2 rings (SSSR count). The normalized spacial score (nSPS) is 19.9. The molecule has 0 aliphatic carbocycles. The maximum atomic E-state index is 12.4. The van der Waals surface area contributed by atoms with E-state index in [1.165, 1.54) is 13.5 Å². The second kappa shape index (κ2) is 7.09. The fraction of sp³-hybridized carbons (Fsp3) is 0.571. The van der Waals surface area contributed by atoms with Gasteiger partial charge in [0.15, 0.2) is 0 Å². The van der Waals surface area contributed by atoms with E-state index in [9.17, 15) is 8.42 Å². The third-order valence-electron chi connectivity index (χ3n) is 3.86. The first-order valence-corrected chi connectivity index (χ1v) is 9.25. The molecular formula is C14H21BrN2O3S. The molecule has 0 amide bonds. The van der Waals surface area contributed by atoms with Gasteiger partial charge in [-0.2, -0.15) is 0 Å². The molecule has 1 fully saturated rings. The van der Waals surface area contributed by atoms with E-state index in [0.717, 1.165) is 19.4 Å². The Kier molecular flexibility index (Phi) is 5.65. The SMILES string of the molecule is COc1ccc(Br)cc1S(=O)(=O)NCCC1CCCN1C. The van der Waals surface area contributed by atoms with Gasteiger partial charge in [-0.3, -0.25) is 0 Å². The van der Waals surface area contributed by atoms with Crippen LogP contribution in [0.5, 0.6) is 5.75 Å². The van der Waals surface area contributed by atoms with Crippen molar-refractivity contribution < 1.29 is 13.2 Å². The maximum absolute atomic E-state index is 12.4. The van der Waals surface area contributed by atoms with Crippen LogP contribution >= 0.6 is 15.9 Å². The van der Waals surface area contributed by atoms with Gasteiger partial charge >= 0.3 is 0 Å². The second-order valence-electron chi connectivity index (χ2n) is 5.26. The Balaban J connectivity index is 2.03. The number of nitrogens with zero attached hydrogens (tertiary/aromatic N) is 1. The van der Waals surface area contributed by atoms with Gasteiger partial charge in [0.2, 0.25) is 10.0 Å². The summed E-state index contributed by atoms with van der Waals surface area (Å²) in [6, 6.07) is 5.43. The number of halogens is 1. The van der Waals surface area contributed by atoms with E-state index in [1.54, 1.807) is 18.2 Å². The van der Waals surface area contributed by atoms with Gasteiger partial charge in [-0.1, -0.05) is 15.9 Å². The van der Waals surface area contributed by atoms with E-state index < -0.39 is 10.0 Å². The molecule has 1 aromatic rings. The first-order chi connectivity index (χ1) is 9.94. The highest BCUT2D eigenvalue weighted by molar-refractivity contribution is 9.10. The molecule has 1 aliphatic heterocycles. The van der Waals surface area contributed by atoms with Gasteiger partial charge in [0.05, 0.1) is 7.11 Å². The van der Waals surface area contributed by atoms with Crippen molar-refractivity contribution in [2.24, 2.45) is 0 Å². The zero-order valence-corrected chi connectivity index (χ0v) is 14.7. The molecule has 0 saturated carbocycles. The molecule has 118 valence electrons. The molecule has 1 atom stereocenters. The van der Waals surface area contributed by atoms with E-state index in [0.29, 0.717) is 22.8 Å². The molecule has 1 unspecified atom stereocenters. The van der Waals surface area contributed by atoms with Crippen molar-refractivity contribution in [2.75, 3.05) is 27.2 Å². The van der Waals surface area contributed by atoms with Crippen molar-refractivity contribution in [3.8, 4) is 5.75 Å². The number of hydrogen-bond acceptors (Lipinski definition) is 4. The van der Waals surface area contributed by atoms with Gasteiger partial charge in [-0.05, 0) is 51.1 Å². The smallest absolute Gasteiger partial charge is 0.244 e. The number of nitrogens with one attached hydrogen (secondary N) is 1. The lowest BCUT2D eigenvalue weighted by molar-refractivity contribution is 0.297. The zero-order valence-electron chi connectivity index (χ0n) is 12.3. The largest absolute Gasteiger partial charge is 0.495 e. The zero-order chi connectivity index (χ0) is 15.5. The van der Waals surface area contributed by atoms with Gasteiger partial charge < -0.3 is 9.64 Å². The standard InChI is InChI=1S/C14H21BrN2O3S/c1-17-9-3-4-12(17)7-8-16-21(18,19)14-10-11(15)5-6-13(14)20-2/h5-6,10,12,16H,3-4,7-9H2,1-2H3. The van der Waals surface area contributed by atoms with Crippen LogP contribution in [0.25, 0.3) is 0 Å². The Morgan fingerprint density at radius 2 is 2.24 bits per heavy atom. The first kappa shape index (κ1) is 16.7. The van der Waals surface area contributed by atoms with Crippen molar-refractivity contribution in [3.63, 3.8) is 0 Å². The van der Waals surface area contributed by atoms with Crippen LogP contribution in [0.3, 0.4) is 0 Å². The molecule has 0 bridgehead atoms. The molecule has 1 aromatic carbocycles. The summed E-state index contributed by atoms with van der Waals surface area (Å²) in [5.74, 6) is 0.351. The van der Waals surface area contributed by atoms with Gasteiger partial charge in [0.25, 0.3) is 0 Å². The predicted octanol–water partition coefficient (Wildman–Crippen LogP) is 2.22. The lowest BCUT2D eigenvalue weighted by Crippen LogP contribution is -2.32. The third-order valence-corrected chi connectivity index (χ3v) is 5.83. The highest BCUT2D eigenvalue weighted by Crippen LogP contribution is 2.27. The minimum atomic E-state index is -3.56. The number of sulfonamides is 1. The average molecular weight is 377 g/mol. The molecule has 1 aliphatic rings. The Hall–Kier alpha value is -0.630. The monoisotopic (exact) mass is 376 g/mol. The average Bonchev–Trinajstić information content (AvgIpc) is 2.84. The summed E-state index contributed by atoms with van der Waals surface area (Å²) in [4.78, 5) is 2.45. The summed E-state index contributed by atoms with van der Waals surface area (Å²) in [6.07, 6.45) is 3.15. The molecule has 5 nitrogen and oxygen atoms in total. The first-order valence-electron chi connectivity index (χ1n) is 6.97. The van der Waals surface area contributed by atoms with Crippen LogP contribution in [-0.2, 0) is 10.0 Å². The van der Waals surface area contributed by atoms with E-state index >= 15 is 0 Å². The van der Waals surface area contributed by atoms with Crippen LogP contribution in [0, 0.1) is 0 Å². The summed E-state index contributed by atoms with van der Waals surface area (Å²) in [5.41, 5.74) is 0. The third kappa shape index (κ3) is 4.18. The van der Waals surface area contributed by atoms with Crippen molar-refractivity contribution in [1.29, 1.82) is 0 Å². The highest BCUT2D eigenvalue weighted by Gasteiger charge is 2.23. The van der Waals surface area contributed by atoms with E-state index in [2.05, 4.69) is 32.6 Å². The van der Waals surface area contributed by atoms with Crippen LogP contribution in [0.4, 0.5) is 0 Å². The Morgan fingerprint density at radius 1 is 1.48 bits per heavy atom. The molecule has 1 heterocycles. The summed E-state index contributed by atoms with van der Waals surface area (Å²) < 4.78 is 33.3. The maximum Gasteiger partial charge on any atom is 0.244 e. The van der Waals surface area contributed by atoms with E-state index in [4.69, 9.17) is 4.74 Å². The summed E-state index contributed by atoms with van der Waals surface area (Å²) in [5, 5.41) is 0. The molecule has 1 N–H and O–H groups in total. The quantitative estimate of drug-likeness (QED) is 0.826. The fourth-order valence-corrected chi connectivity index (χ4v) is 4.40. The lowest BCUT2D eigenvalue weighted by atomic mass is 10.1. The van der Waals surface area contributed by atoms with Gasteiger partial charge in [0.1, 0.15) is 10.6 Å². The summed E-state index contributed by atoms with van der Waals surface area (Å²) in [6.45, 7) is 1.53. The Bertz CT molecular complexity index is 592. The van der Waals surface area contributed by atoms with Crippen molar-refractivity contribution >= 4 is 26.0 Å². The number of ether oxygens (including phenoxy) is 1. The lowest BCUT2D eigenvalue weighted by Gasteiger charge is -2.19. The van der Waals surface area contributed by atoms with Crippen LogP contribution in [0.1, 0.15) is 19.3 Å². The topological polar surface area (TPSA) is 58.6 Å². The summed E-state index contributed by atoms with van der Waals surface area (Å²) in [7, 11) is -0.00342. The molecule has 0 radical (unpaired) electrons. The summed E-state index contributed by atoms with van der Waals surface area (Å²) >= 11 is 3.29. The minimum absolute atomic E-state index is 0.166. The Labute approximate surface area is 134 Å². The van der Waals surface area contributed by atoms with Crippen LogP contribution in [0.2, 0.25) is 0 Å². The molecule has 7 heteroatoms. The number of hydrogen-bond donors (Lipinski definition) is 1. The molecule has 1 saturated heterocycles. The van der Waals surface area contributed by atoms with Crippen molar-refractivity contribution in [3.05, 3.63) is 22.7 Å². The van der Waals surface area contributed by atoms with Crippen LogP contribution in [0.15, 0.2) is 27.6 Å². The molecular weight excluding hydrogens is 356 g/mol. The van der Waals surface area contributed by atoms with Crippen LogP contribution < -0.4 is 9.46 Å². The molecule has 21 heavy (non-hydrogen) atoms. The highest BCUT2D eigenvalue weighted by atomic mass is 79.9. The number of rotatable bonds is 6. The van der Waals surface area contributed by atoms with E-state index in [-0.39, 0.29) is 4.90 Å². The number of methoxy groups -OCH3 is 1. The number of likely N-dealkylation sites (tertiary alicyclic amines) is 1. The van der Waals surface area contributed by atoms with Gasteiger partial charge in [0, 0.05) is 17.1 Å². The van der Waals surface area contributed by atoms with Crippen LogP contribution in [-0.4, -0.2) is 46.6 Å².